The number of aromatic nitrogens is 2. The largest absolute Gasteiger partial charge is 0.335 e. The van der Waals surface area contributed by atoms with Crippen LogP contribution in [0.3, 0.4) is 0 Å². The Morgan fingerprint density at radius 3 is 3.00 bits per heavy atom. The van der Waals surface area contributed by atoms with Gasteiger partial charge in [0.05, 0.1) is 0 Å². The summed E-state index contributed by atoms with van der Waals surface area (Å²) < 4.78 is 13.1. The van der Waals surface area contributed by atoms with E-state index in [1.807, 2.05) is 9.80 Å². The highest BCUT2D eigenvalue weighted by Crippen LogP contribution is 2.29. The van der Waals surface area contributed by atoms with Crippen LogP contribution in [0.4, 0.5) is 10.2 Å². The van der Waals surface area contributed by atoms with Gasteiger partial charge >= 0.3 is 0 Å². The molecule has 17 heavy (non-hydrogen) atoms. The van der Waals surface area contributed by atoms with Gasteiger partial charge in [0.15, 0.2) is 0 Å². The van der Waals surface area contributed by atoms with Gasteiger partial charge in [0.2, 0.25) is 11.9 Å². The zero-order valence-corrected chi connectivity index (χ0v) is 9.34. The van der Waals surface area contributed by atoms with Crippen LogP contribution in [0, 0.1) is 5.95 Å². The molecule has 1 aromatic rings. The van der Waals surface area contributed by atoms with Crippen LogP contribution >= 0.6 is 0 Å². The van der Waals surface area contributed by atoms with Crippen molar-refractivity contribution in [2.45, 2.75) is 25.4 Å². The second-order valence-corrected chi connectivity index (χ2v) is 4.35. The number of amides is 1. The van der Waals surface area contributed by atoms with Crippen molar-refractivity contribution >= 4 is 11.7 Å². The molecule has 0 spiro atoms. The van der Waals surface area contributed by atoms with Gasteiger partial charge < -0.3 is 9.80 Å². The summed E-state index contributed by atoms with van der Waals surface area (Å²) in [5.74, 6) is 0.233. The van der Waals surface area contributed by atoms with E-state index in [0.717, 1.165) is 19.4 Å². The van der Waals surface area contributed by atoms with Crippen molar-refractivity contribution < 1.29 is 9.18 Å². The topological polar surface area (TPSA) is 49.3 Å². The minimum atomic E-state index is -0.531. The first-order valence-corrected chi connectivity index (χ1v) is 5.79. The number of halogens is 1. The predicted molar refractivity (Wildman–Crippen MR) is 58.7 cm³/mol. The molecule has 3 rings (SSSR count). The smallest absolute Gasteiger partial charge is 0.225 e. The lowest BCUT2D eigenvalue weighted by atomic mass is 10.2. The summed E-state index contributed by atoms with van der Waals surface area (Å²) in [5, 5.41) is 0. The van der Waals surface area contributed by atoms with Gasteiger partial charge in [-0.25, -0.2) is 9.97 Å². The second kappa shape index (κ2) is 3.94. The maximum Gasteiger partial charge on any atom is 0.225 e. The van der Waals surface area contributed by atoms with Crippen LogP contribution in [-0.4, -0.2) is 40.0 Å². The summed E-state index contributed by atoms with van der Waals surface area (Å²) in [5.41, 5.74) is 0. The third kappa shape index (κ3) is 1.73. The molecule has 1 amide bonds. The highest BCUT2D eigenvalue weighted by atomic mass is 19.1. The van der Waals surface area contributed by atoms with Gasteiger partial charge in [0.25, 0.3) is 0 Å². The third-order valence-corrected chi connectivity index (χ3v) is 3.38. The Kier molecular flexibility index (Phi) is 2.42. The highest BCUT2D eigenvalue weighted by molar-refractivity contribution is 5.79. The molecule has 0 aromatic carbocycles. The van der Waals surface area contributed by atoms with Gasteiger partial charge in [-0.05, 0) is 12.8 Å². The van der Waals surface area contributed by atoms with E-state index in [1.165, 1.54) is 12.4 Å². The highest BCUT2D eigenvalue weighted by Gasteiger charge is 2.37. The molecule has 0 bridgehead atoms. The number of carbonyl (C=O) groups excluding carboxylic acids is 1. The number of fused-ring (bicyclic) bond motifs is 1. The number of nitrogens with zero attached hydrogens (tertiary/aromatic N) is 4. The third-order valence-electron chi connectivity index (χ3n) is 3.38. The molecule has 0 N–H and O–H groups in total. The van der Waals surface area contributed by atoms with Gasteiger partial charge in [-0.1, -0.05) is 0 Å². The van der Waals surface area contributed by atoms with E-state index in [2.05, 4.69) is 9.97 Å². The van der Waals surface area contributed by atoms with Crippen LogP contribution in [0.15, 0.2) is 12.4 Å². The molecule has 1 atom stereocenters. The van der Waals surface area contributed by atoms with Crippen LogP contribution in [0.1, 0.15) is 19.3 Å². The van der Waals surface area contributed by atoms with Gasteiger partial charge in [0.1, 0.15) is 18.3 Å². The summed E-state index contributed by atoms with van der Waals surface area (Å²) in [7, 11) is 0. The summed E-state index contributed by atoms with van der Waals surface area (Å²) >= 11 is 0. The van der Waals surface area contributed by atoms with Crippen molar-refractivity contribution in [2.75, 3.05) is 18.0 Å². The fourth-order valence-corrected chi connectivity index (χ4v) is 2.62. The van der Waals surface area contributed by atoms with Crippen molar-refractivity contribution in [3.05, 3.63) is 18.3 Å². The number of hydrogen-bond acceptors (Lipinski definition) is 4. The molecule has 2 fully saturated rings. The van der Waals surface area contributed by atoms with Crippen molar-refractivity contribution in [3.63, 3.8) is 0 Å². The number of rotatable bonds is 1. The molecule has 2 aliphatic heterocycles. The van der Waals surface area contributed by atoms with E-state index in [0.29, 0.717) is 18.8 Å². The molecule has 6 heteroatoms. The minimum Gasteiger partial charge on any atom is -0.335 e. The van der Waals surface area contributed by atoms with Crippen molar-refractivity contribution in [2.24, 2.45) is 0 Å². The fourth-order valence-electron chi connectivity index (χ4n) is 2.62. The van der Waals surface area contributed by atoms with Crippen LogP contribution < -0.4 is 4.90 Å². The molecular formula is C11H13FN4O. The normalized spacial score (nSPS) is 24.1. The maximum absolute atomic E-state index is 13.1. The van der Waals surface area contributed by atoms with E-state index >= 15 is 0 Å². The molecule has 1 aromatic heterocycles. The Hall–Kier alpha value is -1.72. The quantitative estimate of drug-likeness (QED) is 0.676. The number of anilines is 1. The molecule has 2 saturated heterocycles. The molecule has 0 radical (unpaired) electrons. The summed E-state index contributed by atoms with van der Waals surface area (Å²) in [4.78, 5) is 23.1. The Morgan fingerprint density at radius 1 is 1.29 bits per heavy atom. The molecule has 0 saturated carbocycles. The van der Waals surface area contributed by atoms with E-state index in [1.54, 1.807) is 0 Å². The van der Waals surface area contributed by atoms with Crippen LogP contribution in [0.25, 0.3) is 0 Å². The van der Waals surface area contributed by atoms with Crippen molar-refractivity contribution in [3.8, 4) is 0 Å². The SMILES string of the molecule is O=C1CCN(c2cc(F)ncn2)C2CCCN12. The average molecular weight is 236 g/mol. The maximum atomic E-state index is 13.1. The number of carbonyl (C=O) groups is 1. The molecule has 5 nitrogen and oxygen atoms in total. The van der Waals surface area contributed by atoms with E-state index in [-0.39, 0.29) is 12.1 Å². The second-order valence-electron chi connectivity index (χ2n) is 4.35. The Labute approximate surface area is 98.3 Å². The summed E-state index contributed by atoms with van der Waals surface area (Å²) in [6.45, 7) is 1.41. The lowest BCUT2D eigenvalue weighted by Crippen LogP contribution is -2.53. The Bertz CT molecular complexity index is 453. The zero-order valence-electron chi connectivity index (χ0n) is 9.34. The zero-order chi connectivity index (χ0) is 11.8. The Balaban J connectivity index is 1.90. The standard InChI is InChI=1S/C11H13FN4O/c12-8-6-9(14-7-13-8)15-5-3-11(17)16-4-1-2-10(15)16/h6-7,10H,1-5H2. The van der Waals surface area contributed by atoms with Crippen LogP contribution in [0.5, 0.6) is 0 Å². The van der Waals surface area contributed by atoms with Crippen molar-refractivity contribution in [1.29, 1.82) is 0 Å². The van der Waals surface area contributed by atoms with Gasteiger partial charge in [0, 0.05) is 25.6 Å². The van der Waals surface area contributed by atoms with E-state index in [4.69, 9.17) is 0 Å². The number of hydrogen-bond donors (Lipinski definition) is 0. The molecule has 3 heterocycles. The molecule has 0 aliphatic carbocycles. The minimum absolute atomic E-state index is 0.0468. The first kappa shape index (κ1) is 10.4. The lowest BCUT2D eigenvalue weighted by molar-refractivity contribution is -0.133. The van der Waals surface area contributed by atoms with E-state index < -0.39 is 5.95 Å². The molecule has 1 unspecified atom stereocenters. The Morgan fingerprint density at radius 2 is 2.18 bits per heavy atom. The molecular weight excluding hydrogens is 223 g/mol. The van der Waals surface area contributed by atoms with Gasteiger partial charge in [-0.3, -0.25) is 4.79 Å². The molecule has 2 aliphatic rings. The predicted octanol–water partition coefficient (Wildman–Crippen LogP) is 0.774. The van der Waals surface area contributed by atoms with Crippen LogP contribution in [0.2, 0.25) is 0 Å². The summed E-state index contributed by atoms with van der Waals surface area (Å²) in [6.07, 6.45) is 3.67. The van der Waals surface area contributed by atoms with Crippen molar-refractivity contribution in [1.82, 2.24) is 14.9 Å². The molecule has 90 valence electrons. The van der Waals surface area contributed by atoms with Crippen LogP contribution in [-0.2, 0) is 4.79 Å². The summed E-state index contributed by atoms with van der Waals surface area (Å²) in [6, 6.07) is 1.33. The first-order chi connectivity index (χ1) is 8.25. The monoisotopic (exact) mass is 236 g/mol. The fraction of sp³-hybridized carbons (Fsp3) is 0.545. The first-order valence-electron chi connectivity index (χ1n) is 5.79. The van der Waals surface area contributed by atoms with Gasteiger partial charge in [-0.2, -0.15) is 4.39 Å². The average Bonchev–Trinajstić information content (AvgIpc) is 2.79. The lowest BCUT2D eigenvalue weighted by Gasteiger charge is -2.40. The van der Waals surface area contributed by atoms with E-state index in [9.17, 15) is 9.18 Å². The van der Waals surface area contributed by atoms with Gasteiger partial charge in [-0.15, -0.1) is 0 Å².